The molecule has 34 heavy (non-hydrogen) atoms. The maximum absolute atomic E-state index is 13.6. The lowest BCUT2D eigenvalue weighted by atomic mass is 10.0. The molecule has 1 aliphatic heterocycles. The van der Waals surface area contributed by atoms with Gasteiger partial charge in [-0.1, -0.05) is 36.4 Å². The first-order valence-corrected chi connectivity index (χ1v) is 12.1. The number of aryl methyl sites for hydroxylation is 1. The molecule has 0 bridgehead atoms. The summed E-state index contributed by atoms with van der Waals surface area (Å²) >= 11 is 0. The number of alkyl halides is 3. The normalized spacial score (nSPS) is 17.3. The average molecular weight is 495 g/mol. The number of hydrogen-bond donors (Lipinski definition) is 1. The fourth-order valence-electron chi connectivity index (χ4n) is 4.27. The van der Waals surface area contributed by atoms with Crippen LogP contribution >= 0.6 is 0 Å². The van der Waals surface area contributed by atoms with Gasteiger partial charge in [0.2, 0.25) is 0 Å². The van der Waals surface area contributed by atoms with E-state index in [1.165, 1.54) is 13.4 Å². The van der Waals surface area contributed by atoms with Gasteiger partial charge in [0.15, 0.2) is 0 Å². The van der Waals surface area contributed by atoms with Crippen LogP contribution in [0.2, 0.25) is 0 Å². The Kier molecular flexibility index (Phi) is 6.85. The zero-order valence-electron chi connectivity index (χ0n) is 18.5. The van der Waals surface area contributed by atoms with E-state index in [4.69, 9.17) is 4.74 Å². The number of aromatic amines is 1. The third kappa shape index (κ3) is 4.90. The summed E-state index contributed by atoms with van der Waals surface area (Å²) < 4.78 is 71.8. The predicted molar refractivity (Wildman–Crippen MR) is 122 cm³/mol. The van der Waals surface area contributed by atoms with Crippen LogP contribution in [0.25, 0.3) is 0 Å². The van der Waals surface area contributed by atoms with Gasteiger partial charge in [-0.2, -0.15) is 17.5 Å². The predicted octanol–water partition coefficient (Wildman–Crippen LogP) is 4.09. The number of ether oxygens (including phenoxy) is 1. The molecule has 0 radical (unpaired) electrons. The lowest BCUT2D eigenvalue weighted by Gasteiger charge is -2.34. The number of nitrogens with one attached hydrogen (secondary N) is 1. The molecular weight excluding hydrogens is 469 g/mol. The summed E-state index contributed by atoms with van der Waals surface area (Å²) in [7, 11) is -4.15. The summed E-state index contributed by atoms with van der Waals surface area (Å²) in [6.45, 7) is -0.442. The van der Waals surface area contributed by atoms with Crippen molar-refractivity contribution in [2.75, 3.05) is 18.6 Å². The summed E-state index contributed by atoms with van der Waals surface area (Å²) in [5.41, 5.74) is -2.61. The fourth-order valence-corrected chi connectivity index (χ4v) is 5.23. The van der Waals surface area contributed by atoms with Gasteiger partial charge in [0.1, 0.15) is 5.75 Å². The van der Waals surface area contributed by atoms with Crippen molar-refractivity contribution in [3.8, 4) is 5.75 Å². The molecule has 0 fully saturated rings. The van der Waals surface area contributed by atoms with E-state index < -0.39 is 28.1 Å². The third-order valence-corrected chi connectivity index (χ3v) is 7.51. The van der Waals surface area contributed by atoms with Crippen LogP contribution in [-0.2, 0) is 29.5 Å². The van der Waals surface area contributed by atoms with Crippen LogP contribution in [0.15, 0.2) is 61.1 Å². The van der Waals surface area contributed by atoms with Crippen LogP contribution in [0.4, 0.5) is 18.9 Å². The quantitative estimate of drug-likeness (QED) is 0.535. The van der Waals surface area contributed by atoms with Crippen molar-refractivity contribution >= 4 is 15.7 Å². The first-order valence-electron chi connectivity index (χ1n) is 10.7. The van der Waals surface area contributed by atoms with Gasteiger partial charge < -0.3 is 14.6 Å². The first kappa shape index (κ1) is 24.1. The second-order valence-electron chi connectivity index (χ2n) is 8.08. The zero-order chi connectivity index (χ0) is 24.3. The van der Waals surface area contributed by atoms with E-state index in [-0.39, 0.29) is 6.54 Å². The van der Waals surface area contributed by atoms with E-state index in [9.17, 15) is 21.6 Å². The topological polar surface area (TPSA) is 78.5 Å². The highest BCUT2D eigenvalue weighted by atomic mass is 32.2. The van der Waals surface area contributed by atoms with Crippen LogP contribution < -0.4 is 9.64 Å². The molecule has 0 aliphatic carbocycles. The molecule has 1 N–H and O–H groups in total. The summed E-state index contributed by atoms with van der Waals surface area (Å²) in [5.74, 6) is 0.332. The number of halogens is 3. The van der Waals surface area contributed by atoms with Gasteiger partial charge in [-0.05, 0) is 30.5 Å². The fraction of sp³-hybridized carbons (Fsp3) is 0.348. The van der Waals surface area contributed by atoms with E-state index in [1.54, 1.807) is 24.4 Å². The standard InChI is InChI=1S/C23H25F3N4O3S/c1-33-22-9-5-8-21-20(22)15-29(34(31,32)23(24,25)26)14-19(11-10-17-6-3-2-4-7-17)30(21)13-18-12-27-16-28-18/h2-9,12,16,19H,10-11,13-15H2,1H3,(H,27,28). The molecular formula is C23H25F3N4O3S. The summed E-state index contributed by atoms with van der Waals surface area (Å²) in [4.78, 5) is 9.02. The number of hydrogen-bond acceptors (Lipinski definition) is 5. The van der Waals surface area contributed by atoms with Gasteiger partial charge in [-0.25, -0.2) is 13.4 Å². The maximum Gasteiger partial charge on any atom is 0.511 e. The SMILES string of the molecule is COc1cccc2c1CN(S(=O)(=O)C(F)(F)F)CC(CCc1ccccc1)N2Cc1cnc[nH]1. The molecule has 0 spiro atoms. The van der Waals surface area contributed by atoms with Crippen molar-refractivity contribution in [1.82, 2.24) is 14.3 Å². The molecule has 7 nitrogen and oxygen atoms in total. The lowest BCUT2D eigenvalue weighted by molar-refractivity contribution is -0.0492. The molecule has 0 saturated heterocycles. The summed E-state index contributed by atoms with van der Waals surface area (Å²) in [6, 6.07) is 14.2. The van der Waals surface area contributed by atoms with E-state index in [0.29, 0.717) is 40.7 Å². The number of imidazole rings is 1. The van der Waals surface area contributed by atoms with Crippen molar-refractivity contribution in [3.05, 3.63) is 77.9 Å². The molecule has 1 atom stereocenters. The van der Waals surface area contributed by atoms with E-state index in [0.717, 1.165) is 11.3 Å². The van der Waals surface area contributed by atoms with Gasteiger partial charge in [0.25, 0.3) is 0 Å². The maximum atomic E-state index is 13.6. The summed E-state index contributed by atoms with van der Waals surface area (Å²) in [6.07, 6.45) is 4.19. The lowest BCUT2D eigenvalue weighted by Crippen LogP contribution is -2.47. The zero-order valence-corrected chi connectivity index (χ0v) is 19.3. The van der Waals surface area contributed by atoms with Gasteiger partial charge in [0, 0.05) is 36.6 Å². The number of rotatable bonds is 7. The van der Waals surface area contributed by atoms with Crippen LogP contribution in [-0.4, -0.2) is 47.9 Å². The minimum Gasteiger partial charge on any atom is -0.496 e. The minimum atomic E-state index is -5.56. The molecule has 1 unspecified atom stereocenters. The van der Waals surface area contributed by atoms with Gasteiger partial charge >= 0.3 is 15.5 Å². The molecule has 0 amide bonds. The van der Waals surface area contributed by atoms with Gasteiger partial charge in [-0.15, -0.1) is 0 Å². The van der Waals surface area contributed by atoms with E-state index in [2.05, 4.69) is 9.97 Å². The Balaban J connectivity index is 1.80. The highest BCUT2D eigenvalue weighted by Crippen LogP contribution is 2.39. The monoisotopic (exact) mass is 494 g/mol. The largest absolute Gasteiger partial charge is 0.511 e. The summed E-state index contributed by atoms with van der Waals surface area (Å²) in [5, 5.41) is 0. The smallest absolute Gasteiger partial charge is 0.496 e. The number of anilines is 1. The molecule has 11 heteroatoms. The number of methoxy groups -OCH3 is 1. The Hall–Kier alpha value is -3.05. The number of sulfonamides is 1. The Morgan fingerprint density at radius 1 is 1.15 bits per heavy atom. The number of fused-ring (bicyclic) bond motifs is 1. The number of nitrogens with zero attached hydrogens (tertiary/aromatic N) is 3. The average Bonchev–Trinajstić information content (AvgIpc) is 3.27. The van der Waals surface area contributed by atoms with Crippen molar-refractivity contribution < 1.29 is 26.3 Å². The first-order chi connectivity index (χ1) is 16.2. The van der Waals surface area contributed by atoms with Crippen molar-refractivity contribution in [3.63, 3.8) is 0 Å². The van der Waals surface area contributed by atoms with Crippen LogP contribution in [0.5, 0.6) is 5.75 Å². The molecule has 2 heterocycles. The number of aromatic nitrogens is 2. The molecule has 2 aromatic carbocycles. The molecule has 1 aromatic heterocycles. The Bertz CT molecular complexity index is 1200. The molecule has 182 valence electrons. The van der Waals surface area contributed by atoms with E-state index in [1.807, 2.05) is 35.2 Å². The molecule has 0 saturated carbocycles. The van der Waals surface area contributed by atoms with Gasteiger partial charge in [0.05, 0.1) is 25.7 Å². The number of benzene rings is 2. The highest BCUT2D eigenvalue weighted by molar-refractivity contribution is 7.89. The van der Waals surface area contributed by atoms with Gasteiger partial charge in [-0.3, -0.25) is 0 Å². The Morgan fingerprint density at radius 2 is 1.91 bits per heavy atom. The highest BCUT2D eigenvalue weighted by Gasteiger charge is 2.51. The van der Waals surface area contributed by atoms with E-state index >= 15 is 0 Å². The molecule has 1 aliphatic rings. The second kappa shape index (κ2) is 9.67. The van der Waals surface area contributed by atoms with Crippen LogP contribution in [0.1, 0.15) is 23.2 Å². The number of H-pyrrole nitrogens is 1. The van der Waals surface area contributed by atoms with Crippen LogP contribution in [0, 0.1) is 0 Å². The molecule has 3 aromatic rings. The third-order valence-electron chi connectivity index (χ3n) is 5.96. The van der Waals surface area contributed by atoms with Crippen molar-refractivity contribution in [1.29, 1.82) is 0 Å². The Labute approximate surface area is 196 Å². The molecule has 4 rings (SSSR count). The Morgan fingerprint density at radius 3 is 2.56 bits per heavy atom. The van der Waals surface area contributed by atoms with Crippen molar-refractivity contribution in [2.24, 2.45) is 0 Å². The van der Waals surface area contributed by atoms with Crippen molar-refractivity contribution in [2.45, 2.75) is 37.5 Å². The van der Waals surface area contributed by atoms with Crippen LogP contribution in [0.3, 0.4) is 0 Å². The minimum absolute atomic E-state index is 0.319. The second-order valence-corrected chi connectivity index (χ2v) is 10.0.